The monoisotopic (exact) mass is 449 g/mol. The number of ether oxygens (including phenoxy) is 1. The maximum absolute atomic E-state index is 12.9. The van der Waals surface area contributed by atoms with Gasteiger partial charge in [0.15, 0.2) is 0 Å². The van der Waals surface area contributed by atoms with Crippen molar-refractivity contribution in [3.8, 4) is 11.5 Å². The normalized spacial score (nSPS) is 17.6. The summed E-state index contributed by atoms with van der Waals surface area (Å²) < 4.78 is 6.14. The van der Waals surface area contributed by atoms with E-state index in [1.165, 1.54) is 0 Å². The Morgan fingerprint density at radius 1 is 0.844 bits per heavy atom. The zero-order chi connectivity index (χ0) is 21.1. The van der Waals surface area contributed by atoms with Gasteiger partial charge in [-0.3, -0.25) is 9.69 Å². The minimum Gasteiger partial charge on any atom is -0.457 e. The number of amides is 1. The summed E-state index contributed by atoms with van der Waals surface area (Å²) in [4.78, 5) is 17.5. The van der Waals surface area contributed by atoms with Crippen LogP contribution in [0.25, 0.3) is 0 Å². The molecule has 0 aromatic heterocycles. The van der Waals surface area contributed by atoms with Crippen LogP contribution in [0.5, 0.6) is 11.5 Å². The van der Waals surface area contributed by atoms with Gasteiger partial charge in [-0.05, 0) is 43.2 Å². The SMILES string of the molecule is Cl.O=C1NCN(c2ccccc2)C12CCN(Cc1ccccc1Oc1ccccc1)CC2. The molecular weight excluding hydrogens is 422 g/mol. The van der Waals surface area contributed by atoms with E-state index in [0.717, 1.165) is 55.2 Å². The molecule has 1 spiro atoms. The van der Waals surface area contributed by atoms with Crippen LogP contribution in [0, 0.1) is 0 Å². The average molecular weight is 450 g/mol. The van der Waals surface area contributed by atoms with Gasteiger partial charge >= 0.3 is 0 Å². The molecule has 2 saturated heterocycles. The van der Waals surface area contributed by atoms with Crippen molar-refractivity contribution < 1.29 is 9.53 Å². The Balaban J connectivity index is 0.00000245. The van der Waals surface area contributed by atoms with Gasteiger partial charge < -0.3 is 15.0 Å². The molecule has 166 valence electrons. The maximum atomic E-state index is 12.9. The zero-order valence-electron chi connectivity index (χ0n) is 17.9. The molecule has 0 atom stereocenters. The van der Waals surface area contributed by atoms with Crippen molar-refractivity contribution in [2.45, 2.75) is 24.9 Å². The van der Waals surface area contributed by atoms with Crippen molar-refractivity contribution >= 4 is 24.0 Å². The molecule has 0 bridgehead atoms. The molecule has 1 N–H and O–H groups in total. The molecule has 3 aromatic carbocycles. The van der Waals surface area contributed by atoms with E-state index < -0.39 is 5.54 Å². The molecule has 5 rings (SSSR count). The highest BCUT2D eigenvalue weighted by molar-refractivity contribution is 5.93. The Kier molecular flexibility index (Phi) is 6.68. The lowest BCUT2D eigenvalue weighted by molar-refractivity contribution is -0.125. The lowest BCUT2D eigenvalue weighted by Crippen LogP contribution is -2.56. The summed E-state index contributed by atoms with van der Waals surface area (Å²) in [6.07, 6.45) is 1.63. The van der Waals surface area contributed by atoms with Crippen LogP contribution in [0.4, 0.5) is 5.69 Å². The van der Waals surface area contributed by atoms with Crippen LogP contribution in [-0.2, 0) is 11.3 Å². The molecule has 0 aliphatic carbocycles. The number of piperidine rings is 1. The second kappa shape index (κ2) is 9.63. The van der Waals surface area contributed by atoms with Crippen molar-refractivity contribution in [2.24, 2.45) is 0 Å². The number of carbonyl (C=O) groups is 1. The van der Waals surface area contributed by atoms with Crippen LogP contribution in [-0.4, -0.2) is 36.1 Å². The van der Waals surface area contributed by atoms with E-state index in [2.05, 4.69) is 39.4 Å². The molecule has 0 radical (unpaired) electrons. The van der Waals surface area contributed by atoms with E-state index in [1.54, 1.807) is 0 Å². The van der Waals surface area contributed by atoms with Gasteiger partial charge in [-0.1, -0.05) is 54.6 Å². The van der Waals surface area contributed by atoms with E-state index >= 15 is 0 Å². The number of halogens is 1. The summed E-state index contributed by atoms with van der Waals surface area (Å²) in [7, 11) is 0. The molecule has 0 saturated carbocycles. The van der Waals surface area contributed by atoms with E-state index in [4.69, 9.17) is 4.74 Å². The number of para-hydroxylation sites is 3. The van der Waals surface area contributed by atoms with Crippen LogP contribution in [0.3, 0.4) is 0 Å². The molecule has 1 amide bonds. The smallest absolute Gasteiger partial charge is 0.247 e. The minimum absolute atomic E-state index is 0. The Hall–Kier alpha value is -3.02. The molecule has 32 heavy (non-hydrogen) atoms. The number of carbonyl (C=O) groups excluding carboxylic acids is 1. The van der Waals surface area contributed by atoms with Crippen LogP contribution in [0.2, 0.25) is 0 Å². The van der Waals surface area contributed by atoms with E-state index in [9.17, 15) is 4.79 Å². The Labute approximate surface area is 195 Å². The molecule has 2 heterocycles. The third kappa shape index (κ3) is 4.31. The first-order valence-corrected chi connectivity index (χ1v) is 10.9. The highest BCUT2D eigenvalue weighted by Crippen LogP contribution is 2.37. The summed E-state index contributed by atoms with van der Waals surface area (Å²) in [6.45, 7) is 3.13. The number of anilines is 1. The second-order valence-electron chi connectivity index (χ2n) is 8.26. The lowest BCUT2D eigenvalue weighted by Gasteiger charge is -2.43. The quantitative estimate of drug-likeness (QED) is 0.606. The standard InChI is InChI=1S/C26H27N3O2.ClH/c30-25-26(29(20-27-25)22-10-3-1-4-11-22)15-17-28(18-16-26)19-21-9-7-8-14-24(21)31-23-12-5-2-6-13-23;/h1-14H,15-20H2,(H,27,30);1H. The van der Waals surface area contributed by atoms with Crippen molar-refractivity contribution in [1.82, 2.24) is 10.2 Å². The molecule has 2 fully saturated rings. The topological polar surface area (TPSA) is 44.8 Å². The Morgan fingerprint density at radius 2 is 1.47 bits per heavy atom. The van der Waals surface area contributed by atoms with E-state index in [-0.39, 0.29) is 18.3 Å². The first-order chi connectivity index (χ1) is 15.2. The summed E-state index contributed by atoms with van der Waals surface area (Å²) in [5.74, 6) is 1.89. The number of nitrogens with zero attached hydrogens (tertiary/aromatic N) is 2. The molecule has 0 unspecified atom stereocenters. The molecular formula is C26H28ClN3O2. The molecule has 2 aliphatic heterocycles. The van der Waals surface area contributed by atoms with Gasteiger partial charge in [-0.2, -0.15) is 0 Å². The van der Waals surface area contributed by atoms with Crippen molar-refractivity contribution in [3.63, 3.8) is 0 Å². The molecule has 2 aliphatic rings. The summed E-state index contributed by atoms with van der Waals surface area (Å²) >= 11 is 0. The number of likely N-dealkylation sites (tertiary alicyclic amines) is 1. The summed E-state index contributed by atoms with van der Waals surface area (Å²) in [6, 6.07) is 28.4. The van der Waals surface area contributed by atoms with Gasteiger partial charge in [0.25, 0.3) is 0 Å². The van der Waals surface area contributed by atoms with E-state index in [1.807, 2.05) is 60.7 Å². The van der Waals surface area contributed by atoms with Gasteiger partial charge in [0.2, 0.25) is 5.91 Å². The van der Waals surface area contributed by atoms with Crippen LogP contribution >= 0.6 is 12.4 Å². The maximum Gasteiger partial charge on any atom is 0.247 e. The first-order valence-electron chi connectivity index (χ1n) is 10.9. The third-order valence-corrected chi connectivity index (χ3v) is 6.43. The van der Waals surface area contributed by atoms with Crippen molar-refractivity contribution in [1.29, 1.82) is 0 Å². The average Bonchev–Trinajstić information content (AvgIpc) is 3.13. The number of hydrogen-bond donors (Lipinski definition) is 1. The van der Waals surface area contributed by atoms with Crippen molar-refractivity contribution in [2.75, 3.05) is 24.7 Å². The second-order valence-corrected chi connectivity index (χ2v) is 8.26. The highest BCUT2D eigenvalue weighted by atomic mass is 35.5. The fourth-order valence-electron chi connectivity index (χ4n) is 4.70. The van der Waals surface area contributed by atoms with Crippen LogP contribution in [0.15, 0.2) is 84.9 Å². The predicted molar refractivity (Wildman–Crippen MR) is 129 cm³/mol. The summed E-state index contributed by atoms with van der Waals surface area (Å²) in [5, 5.41) is 3.08. The van der Waals surface area contributed by atoms with Gasteiger partial charge in [-0.15, -0.1) is 12.4 Å². The van der Waals surface area contributed by atoms with Gasteiger partial charge in [0.1, 0.15) is 17.0 Å². The molecule has 5 nitrogen and oxygen atoms in total. The molecule has 3 aromatic rings. The zero-order valence-corrected chi connectivity index (χ0v) is 18.8. The highest BCUT2D eigenvalue weighted by Gasteiger charge is 2.50. The first kappa shape index (κ1) is 22.2. The minimum atomic E-state index is -0.447. The number of hydrogen-bond acceptors (Lipinski definition) is 4. The Morgan fingerprint density at radius 3 is 2.19 bits per heavy atom. The van der Waals surface area contributed by atoms with Gasteiger partial charge in [-0.25, -0.2) is 0 Å². The van der Waals surface area contributed by atoms with Crippen LogP contribution in [0.1, 0.15) is 18.4 Å². The van der Waals surface area contributed by atoms with E-state index in [0.29, 0.717) is 6.67 Å². The van der Waals surface area contributed by atoms with Gasteiger partial charge in [0.05, 0.1) is 6.67 Å². The summed E-state index contributed by atoms with van der Waals surface area (Å²) in [5.41, 5.74) is 1.83. The van der Waals surface area contributed by atoms with Gasteiger partial charge in [0, 0.05) is 30.9 Å². The molecule has 6 heteroatoms. The fourth-order valence-corrected chi connectivity index (χ4v) is 4.70. The number of benzene rings is 3. The number of nitrogens with one attached hydrogen (secondary N) is 1. The lowest BCUT2D eigenvalue weighted by atomic mass is 9.85. The fraction of sp³-hybridized carbons (Fsp3) is 0.269. The third-order valence-electron chi connectivity index (χ3n) is 6.43. The Bertz CT molecular complexity index is 1040. The van der Waals surface area contributed by atoms with Crippen molar-refractivity contribution in [3.05, 3.63) is 90.5 Å². The largest absolute Gasteiger partial charge is 0.457 e. The van der Waals surface area contributed by atoms with Crippen LogP contribution < -0.4 is 15.0 Å². The number of rotatable bonds is 5. The predicted octanol–water partition coefficient (Wildman–Crippen LogP) is 4.83.